The second-order valence-electron chi connectivity index (χ2n) is 6.18. The van der Waals surface area contributed by atoms with E-state index in [0.717, 1.165) is 30.2 Å². The van der Waals surface area contributed by atoms with Crippen LogP contribution in [0.5, 0.6) is 0 Å². The third-order valence-corrected chi connectivity index (χ3v) is 5.87. The van der Waals surface area contributed by atoms with Gasteiger partial charge in [-0.05, 0) is 30.3 Å². The van der Waals surface area contributed by atoms with Gasteiger partial charge in [-0.2, -0.15) is 13.2 Å². The van der Waals surface area contributed by atoms with E-state index in [9.17, 15) is 21.6 Å². The molecule has 1 aromatic heterocycles. The molecule has 12 heteroatoms. The first-order valence-corrected chi connectivity index (χ1v) is 11.8. The molecule has 0 saturated heterocycles. The highest BCUT2D eigenvalue weighted by Crippen LogP contribution is 2.34. The molecule has 0 saturated carbocycles. The maximum absolute atomic E-state index is 13.2. The molecule has 0 fully saturated rings. The number of rotatable bonds is 7. The number of aromatic nitrogens is 3. The van der Waals surface area contributed by atoms with Gasteiger partial charge in [-0.3, -0.25) is 4.57 Å². The SMILES string of the molecule is CS(=O)(=O)NCCSc1nnc(-c2ccccc2Cl)n1-c1cccc(C(F)(F)F)c1. The van der Waals surface area contributed by atoms with Crippen LogP contribution in [0.25, 0.3) is 17.1 Å². The molecule has 0 aliphatic carbocycles. The molecule has 0 atom stereocenters. The van der Waals surface area contributed by atoms with E-state index in [-0.39, 0.29) is 18.1 Å². The maximum atomic E-state index is 13.2. The number of sulfonamides is 1. The third-order valence-electron chi connectivity index (χ3n) is 3.88. The fourth-order valence-corrected chi connectivity index (χ4v) is 4.23. The third kappa shape index (κ3) is 5.54. The Morgan fingerprint density at radius 1 is 1.13 bits per heavy atom. The summed E-state index contributed by atoms with van der Waals surface area (Å²) in [7, 11) is -3.35. The summed E-state index contributed by atoms with van der Waals surface area (Å²) in [6.45, 7) is 0.125. The second-order valence-corrected chi connectivity index (χ2v) is 9.49. The zero-order valence-corrected chi connectivity index (χ0v) is 17.9. The lowest BCUT2D eigenvalue weighted by Crippen LogP contribution is -2.24. The highest BCUT2D eigenvalue weighted by Gasteiger charge is 2.31. The summed E-state index contributed by atoms with van der Waals surface area (Å²) in [5, 5.41) is 8.90. The number of nitrogens with zero attached hydrogens (tertiary/aromatic N) is 3. The van der Waals surface area contributed by atoms with E-state index in [2.05, 4.69) is 14.9 Å². The van der Waals surface area contributed by atoms with Crippen LogP contribution in [-0.2, 0) is 16.2 Å². The number of nitrogens with one attached hydrogen (secondary N) is 1. The van der Waals surface area contributed by atoms with Crippen LogP contribution in [0.1, 0.15) is 5.56 Å². The van der Waals surface area contributed by atoms with Crippen LogP contribution in [-0.4, -0.2) is 41.7 Å². The van der Waals surface area contributed by atoms with E-state index in [0.29, 0.717) is 21.5 Å². The Balaban J connectivity index is 2.04. The predicted octanol–water partition coefficient (Wildman–Crippen LogP) is 4.25. The van der Waals surface area contributed by atoms with Gasteiger partial charge in [0.25, 0.3) is 0 Å². The Bertz CT molecular complexity index is 1150. The van der Waals surface area contributed by atoms with Gasteiger partial charge in [0, 0.05) is 17.9 Å². The van der Waals surface area contributed by atoms with Gasteiger partial charge in [-0.15, -0.1) is 10.2 Å². The van der Waals surface area contributed by atoms with Crippen molar-refractivity contribution in [3.05, 3.63) is 59.1 Å². The number of halogens is 4. The molecule has 1 N–H and O–H groups in total. The van der Waals surface area contributed by atoms with Crippen molar-refractivity contribution in [2.75, 3.05) is 18.6 Å². The minimum Gasteiger partial charge on any atom is -0.270 e. The number of thioether (sulfide) groups is 1. The molecule has 3 aromatic rings. The molecule has 2 aromatic carbocycles. The first kappa shape index (κ1) is 22.6. The standard InChI is InChI=1S/C18H16ClF3N4O2S2/c1-30(27,28)23-9-10-29-17-25-24-16(14-7-2-3-8-15(14)19)26(17)13-6-4-5-12(11-13)18(20,21)22/h2-8,11,23H,9-10H2,1H3. The number of hydrogen-bond acceptors (Lipinski definition) is 5. The monoisotopic (exact) mass is 476 g/mol. The maximum Gasteiger partial charge on any atom is 0.416 e. The van der Waals surface area contributed by atoms with Crippen LogP contribution in [0.3, 0.4) is 0 Å². The largest absolute Gasteiger partial charge is 0.416 e. The van der Waals surface area contributed by atoms with Crippen molar-refractivity contribution < 1.29 is 21.6 Å². The molecular formula is C18H16ClF3N4O2S2. The Morgan fingerprint density at radius 3 is 2.53 bits per heavy atom. The first-order valence-electron chi connectivity index (χ1n) is 8.51. The Hall–Kier alpha value is -2.08. The summed E-state index contributed by atoms with van der Waals surface area (Å²) < 4.78 is 65.9. The van der Waals surface area contributed by atoms with Crippen LogP contribution >= 0.6 is 23.4 Å². The average Bonchev–Trinajstić information content (AvgIpc) is 3.08. The van der Waals surface area contributed by atoms with Crippen LogP contribution in [0.4, 0.5) is 13.2 Å². The summed E-state index contributed by atoms with van der Waals surface area (Å²) in [5.74, 6) is 0.575. The minimum atomic E-state index is -4.51. The van der Waals surface area contributed by atoms with Gasteiger partial charge in [0.2, 0.25) is 10.0 Å². The van der Waals surface area contributed by atoms with Crippen LogP contribution in [0, 0.1) is 0 Å². The molecular weight excluding hydrogens is 461 g/mol. The lowest BCUT2D eigenvalue weighted by atomic mass is 10.1. The summed E-state index contributed by atoms with van der Waals surface area (Å²) >= 11 is 7.42. The minimum absolute atomic E-state index is 0.125. The molecule has 1 heterocycles. The van der Waals surface area contributed by atoms with Gasteiger partial charge < -0.3 is 0 Å². The van der Waals surface area contributed by atoms with Crippen molar-refractivity contribution in [3.63, 3.8) is 0 Å². The highest BCUT2D eigenvalue weighted by molar-refractivity contribution is 7.99. The van der Waals surface area contributed by atoms with Crippen molar-refractivity contribution >= 4 is 33.4 Å². The fourth-order valence-electron chi connectivity index (χ4n) is 2.60. The van der Waals surface area contributed by atoms with Gasteiger partial charge in [0.1, 0.15) is 0 Å². The lowest BCUT2D eigenvalue weighted by molar-refractivity contribution is -0.137. The number of benzene rings is 2. The number of alkyl halides is 3. The quantitative estimate of drug-likeness (QED) is 0.407. The zero-order chi connectivity index (χ0) is 21.9. The highest BCUT2D eigenvalue weighted by atomic mass is 35.5. The van der Waals surface area contributed by atoms with Crippen LogP contribution in [0.2, 0.25) is 5.02 Å². The fraction of sp³-hybridized carbons (Fsp3) is 0.222. The van der Waals surface area contributed by atoms with E-state index < -0.39 is 21.8 Å². The molecule has 0 aliphatic heterocycles. The topological polar surface area (TPSA) is 76.9 Å². The molecule has 0 bridgehead atoms. The van der Waals surface area contributed by atoms with E-state index in [4.69, 9.17) is 11.6 Å². The smallest absolute Gasteiger partial charge is 0.270 e. The molecule has 3 rings (SSSR count). The molecule has 160 valence electrons. The number of hydrogen-bond donors (Lipinski definition) is 1. The van der Waals surface area contributed by atoms with Gasteiger partial charge >= 0.3 is 6.18 Å². The Kier molecular flexibility index (Phi) is 6.75. The summed E-state index contributed by atoms with van der Waals surface area (Å²) in [5.41, 5.74) is -0.0954. The second kappa shape index (κ2) is 8.96. The first-order chi connectivity index (χ1) is 14.1. The molecule has 0 unspecified atom stereocenters. The Labute approximate surface area is 180 Å². The summed E-state index contributed by atoms with van der Waals surface area (Å²) in [4.78, 5) is 0. The molecule has 0 spiro atoms. The molecule has 0 aliphatic rings. The van der Waals surface area contributed by atoms with Crippen molar-refractivity contribution in [1.29, 1.82) is 0 Å². The van der Waals surface area contributed by atoms with Crippen LogP contribution in [0.15, 0.2) is 53.7 Å². The van der Waals surface area contributed by atoms with Gasteiger partial charge in [-0.1, -0.05) is 41.6 Å². The van der Waals surface area contributed by atoms with Crippen LogP contribution < -0.4 is 4.72 Å². The van der Waals surface area contributed by atoms with Gasteiger partial charge in [0.05, 0.1) is 22.5 Å². The van der Waals surface area contributed by atoms with Crippen molar-refractivity contribution in [3.8, 4) is 17.1 Å². The summed E-state index contributed by atoms with van der Waals surface area (Å²) in [6.07, 6.45) is -3.47. The lowest BCUT2D eigenvalue weighted by Gasteiger charge is -2.13. The van der Waals surface area contributed by atoms with Crippen molar-refractivity contribution in [1.82, 2.24) is 19.5 Å². The normalized spacial score (nSPS) is 12.3. The van der Waals surface area contributed by atoms with E-state index in [1.807, 2.05) is 0 Å². The predicted molar refractivity (Wildman–Crippen MR) is 110 cm³/mol. The Morgan fingerprint density at radius 2 is 1.87 bits per heavy atom. The zero-order valence-electron chi connectivity index (χ0n) is 15.5. The van der Waals surface area contributed by atoms with E-state index in [1.54, 1.807) is 24.3 Å². The summed E-state index contributed by atoms with van der Waals surface area (Å²) in [6, 6.07) is 11.6. The van der Waals surface area contributed by atoms with E-state index in [1.165, 1.54) is 16.7 Å². The molecule has 30 heavy (non-hydrogen) atoms. The molecule has 6 nitrogen and oxygen atoms in total. The van der Waals surface area contributed by atoms with Crippen molar-refractivity contribution in [2.24, 2.45) is 0 Å². The van der Waals surface area contributed by atoms with Gasteiger partial charge in [-0.25, -0.2) is 13.1 Å². The molecule has 0 amide bonds. The van der Waals surface area contributed by atoms with Crippen molar-refractivity contribution in [2.45, 2.75) is 11.3 Å². The molecule has 0 radical (unpaired) electrons. The average molecular weight is 477 g/mol. The van der Waals surface area contributed by atoms with Gasteiger partial charge in [0.15, 0.2) is 11.0 Å². The van der Waals surface area contributed by atoms with E-state index >= 15 is 0 Å².